The van der Waals surface area contributed by atoms with Crippen molar-refractivity contribution >= 4 is 33.2 Å². The maximum Gasteiger partial charge on any atom is 0.337 e. The predicted octanol–water partition coefficient (Wildman–Crippen LogP) is 1.54. The van der Waals surface area contributed by atoms with E-state index in [0.29, 0.717) is 0 Å². The van der Waals surface area contributed by atoms with E-state index in [0.717, 1.165) is 15.9 Å². The molecule has 5 nitrogen and oxygen atoms in total. The van der Waals surface area contributed by atoms with Crippen LogP contribution in [0.25, 0.3) is 10.2 Å². The third-order valence-electron chi connectivity index (χ3n) is 2.43. The molecule has 6 heteroatoms. The third kappa shape index (κ3) is 2.37. The summed E-state index contributed by atoms with van der Waals surface area (Å²) >= 11 is 1.52. The van der Waals surface area contributed by atoms with Crippen molar-refractivity contribution in [3.8, 4) is 0 Å². The highest BCUT2D eigenvalue weighted by molar-refractivity contribution is 7.17. The first-order valence-corrected chi connectivity index (χ1v) is 5.90. The Bertz CT molecular complexity index is 550. The van der Waals surface area contributed by atoms with E-state index >= 15 is 0 Å². The van der Waals surface area contributed by atoms with Crippen molar-refractivity contribution in [2.45, 2.75) is 12.5 Å². The molecule has 0 saturated carbocycles. The van der Waals surface area contributed by atoms with Gasteiger partial charge in [-0.15, -0.1) is 11.3 Å². The number of hydrogen-bond donors (Lipinski definition) is 3. The first-order chi connectivity index (χ1) is 8.00. The summed E-state index contributed by atoms with van der Waals surface area (Å²) in [5.41, 5.74) is -0.145. The Morgan fingerprint density at radius 2 is 2.35 bits per heavy atom. The van der Waals surface area contributed by atoms with E-state index in [1.807, 2.05) is 11.4 Å². The second kappa shape index (κ2) is 4.31. The summed E-state index contributed by atoms with van der Waals surface area (Å²) in [5, 5.41) is 23.2. The molecule has 2 aromatic rings. The number of aromatic nitrogens is 1. The minimum atomic E-state index is -1.78. The predicted molar refractivity (Wildman–Crippen MR) is 66.4 cm³/mol. The summed E-state index contributed by atoms with van der Waals surface area (Å²) in [4.78, 5) is 14.9. The highest BCUT2D eigenvalue weighted by Gasteiger charge is 2.29. The van der Waals surface area contributed by atoms with Gasteiger partial charge in [0.25, 0.3) is 0 Å². The molecule has 0 fully saturated rings. The summed E-state index contributed by atoms with van der Waals surface area (Å²) in [6.07, 6.45) is 1.65. The third-order valence-corrected chi connectivity index (χ3v) is 3.36. The number of carboxylic acids is 1. The van der Waals surface area contributed by atoms with Gasteiger partial charge in [0.1, 0.15) is 0 Å². The lowest BCUT2D eigenvalue weighted by Gasteiger charge is -2.19. The molecule has 3 N–H and O–H groups in total. The molecule has 90 valence electrons. The van der Waals surface area contributed by atoms with Gasteiger partial charge in [0, 0.05) is 6.20 Å². The molecule has 0 radical (unpaired) electrons. The number of anilines is 1. The fourth-order valence-electron chi connectivity index (χ4n) is 1.36. The van der Waals surface area contributed by atoms with Crippen LogP contribution in [0.15, 0.2) is 23.7 Å². The molecule has 0 aliphatic rings. The van der Waals surface area contributed by atoms with Crippen LogP contribution in [-0.2, 0) is 4.79 Å². The van der Waals surface area contributed by atoms with E-state index in [9.17, 15) is 9.90 Å². The molecule has 0 bridgehead atoms. The Labute approximate surface area is 102 Å². The van der Waals surface area contributed by atoms with E-state index in [4.69, 9.17) is 5.11 Å². The zero-order valence-electron chi connectivity index (χ0n) is 9.17. The Balaban J connectivity index is 2.19. The summed E-state index contributed by atoms with van der Waals surface area (Å²) in [5.74, 6) is -1.25. The molecule has 2 heterocycles. The average Bonchev–Trinajstić information content (AvgIpc) is 2.74. The molecule has 0 aromatic carbocycles. The lowest BCUT2D eigenvalue weighted by molar-refractivity contribution is -0.155. The zero-order valence-corrected chi connectivity index (χ0v) is 9.99. The SMILES string of the molecule is CC(O)(CNc1ccnc2ccsc12)C(=O)O. The van der Waals surface area contributed by atoms with Gasteiger partial charge < -0.3 is 15.5 Å². The molecular weight excluding hydrogens is 240 g/mol. The normalized spacial score (nSPS) is 14.5. The topological polar surface area (TPSA) is 82.5 Å². The molecule has 1 atom stereocenters. The Morgan fingerprint density at radius 1 is 1.59 bits per heavy atom. The Morgan fingerprint density at radius 3 is 3.06 bits per heavy atom. The second-order valence-electron chi connectivity index (χ2n) is 3.93. The maximum atomic E-state index is 10.8. The van der Waals surface area contributed by atoms with Crippen LogP contribution in [0.2, 0.25) is 0 Å². The molecular formula is C11H12N2O3S. The number of nitrogens with zero attached hydrogens (tertiary/aromatic N) is 1. The van der Waals surface area contributed by atoms with E-state index in [2.05, 4.69) is 10.3 Å². The number of pyridine rings is 1. The first-order valence-electron chi connectivity index (χ1n) is 5.02. The molecule has 0 aliphatic heterocycles. The standard InChI is InChI=1S/C11H12N2O3S/c1-11(16,10(14)15)6-13-7-2-4-12-8-3-5-17-9(7)8/h2-5,16H,6H2,1H3,(H,12,13)(H,14,15). The van der Waals surface area contributed by atoms with Gasteiger partial charge in [-0.05, 0) is 24.4 Å². The number of carbonyl (C=O) groups is 1. The van der Waals surface area contributed by atoms with Gasteiger partial charge in [-0.3, -0.25) is 4.98 Å². The van der Waals surface area contributed by atoms with Crippen LogP contribution >= 0.6 is 11.3 Å². The number of thiophene rings is 1. The fraction of sp³-hybridized carbons (Fsp3) is 0.273. The average molecular weight is 252 g/mol. The van der Waals surface area contributed by atoms with Crippen LogP contribution < -0.4 is 5.32 Å². The van der Waals surface area contributed by atoms with Gasteiger partial charge in [0.05, 0.1) is 22.4 Å². The number of fused-ring (bicyclic) bond motifs is 1. The van der Waals surface area contributed by atoms with Gasteiger partial charge >= 0.3 is 5.97 Å². The van der Waals surface area contributed by atoms with Crippen LogP contribution in [-0.4, -0.2) is 33.3 Å². The quantitative estimate of drug-likeness (QED) is 0.769. The monoisotopic (exact) mass is 252 g/mol. The molecule has 0 spiro atoms. The van der Waals surface area contributed by atoms with Crippen molar-refractivity contribution < 1.29 is 15.0 Å². The molecule has 2 aromatic heterocycles. The first kappa shape index (κ1) is 11.8. The van der Waals surface area contributed by atoms with Gasteiger partial charge in [-0.2, -0.15) is 0 Å². The van der Waals surface area contributed by atoms with Crippen molar-refractivity contribution in [2.75, 3.05) is 11.9 Å². The number of rotatable bonds is 4. The van der Waals surface area contributed by atoms with Gasteiger partial charge in [-0.1, -0.05) is 0 Å². The lowest BCUT2D eigenvalue weighted by Crippen LogP contribution is -2.41. The minimum Gasteiger partial charge on any atom is -0.479 e. The van der Waals surface area contributed by atoms with Crippen LogP contribution in [0.4, 0.5) is 5.69 Å². The highest BCUT2D eigenvalue weighted by Crippen LogP contribution is 2.27. The summed E-state index contributed by atoms with van der Waals surface area (Å²) in [7, 11) is 0. The van der Waals surface area contributed by atoms with Crippen molar-refractivity contribution in [3.05, 3.63) is 23.7 Å². The van der Waals surface area contributed by atoms with Gasteiger partial charge in [0.15, 0.2) is 5.60 Å². The number of nitrogens with one attached hydrogen (secondary N) is 1. The van der Waals surface area contributed by atoms with Crippen molar-refractivity contribution in [2.24, 2.45) is 0 Å². The Kier molecular flexibility index (Phi) is 2.99. The van der Waals surface area contributed by atoms with Crippen molar-refractivity contribution in [1.29, 1.82) is 0 Å². The van der Waals surface area contributed by atoms with Crippen molar-refractivity contribution in [1.82, 2.24) is 4.98 Å². The molecule has 1 unspecified atom stereocenters. The van der Waals surface area contributed by atoms with Crippen molar-refractivity contribution in [3.63, 3.8) is 0 Å². The molecule has 0 saturated heterocycles. The molecule has 0 amide bonds. The molecule has 2 rings (SSSR count). The smallest absolute Gasteiger partial charge is 0.337 e. The molecule has 0 aliphatic carbocycles. The van der Waals surface area contributed by atoms with E-state index in [-0.39, 0.29) is 6.54 Å². The minimum absolute atomic E-state index is 0.0562. The van der Waals surface area contributed by atoms with E-state index in [1.54, 1.807) is 12.3 Å². The summed E-state index contributed by atoms with van der Waals surface area (Å²) < 4.78 is 0.952. The molecule has 17 heavy (non-hydrogen) atoms. The van der Waals surface area contributed by atoms with Crippen LogP contribution in [0.3, 0.4) is 0 Å². The highest BCUT2D eigenvalue weighted by atomic mass is 32.1. The van der Waals surface area contributed by atoms with Crippen LogP contribution in [0.1, 0.15) is 6.92 Å². The fourth-order valence-corrected chi connectivity index (χ4v) is 2.20. The Hall–Kier alpha value is -1.66. The second-order valence-corrected chi connectivity index (χ2v) is 4.84. The summed E-state index contributed by atoms with van der Waals surface area (Å²) in [6.45, 7) is 1.20. The zero-order chi connectivity index (χ0) is 12.5. The number of carboxylic acid groups (broad SMARTS) is 1. The lowest BCUT2D eigenvalue weighted by atomic mass is 10.1. The van der Waals surface area contributed by atoms with E-state index < -0.39 is 11.6 Å². The van der Waals surface area contributed by atoms with Crippen LogP contribution in [0, 0.1) is 0 Å². The number of hydrogen-bond acceptors (Lipinski definition) is 5. The van der Waals surface area contributed by atoms with Gasteiger partial charge in [-0.25, -0.2) is 4.79 Å². The van der Waals surface area contributed by atoms with Crippen LogP contribution in [0.5, 0.6) is 0 Å². The largest absolute Gasteiger partial charge is 0.479 e. The number of aliphatic hydroxyl groups is 1. The van der Waals surface area contributed by atoms with Gasteiger partial charge in [0.2, 0.25) is 0 Å². The number of aliphatic carboxylic acids is 1. The summed E-state index contributed by atoms with van der Waals surface area (Å²) in [6, 6.07) is 3.65. The maximum absolute atomic E-state index is 10.8. The van der Waals surface area contributed by atoms with E-state index in [1.165, 1.54) is 18.3 Å².